The predicted molar refractivity (Wildman–Crippen MR) is 171 cm³/mol. The van der Waals surface area contributed by atoms with E-state index in [1.54, 1.807) is 36.4 Å². The molecule has 6 nitrogen and oxygen atoms in total. The van der Waals surface area contributed by atoms with E-state index in [1.807, 2.05) is 25.1 Å². The van der Waals surface area contributed by atoms with Crippen molar-refractivity contribution in [3.05, 3.63) is 106 Å². The van der Waals surface area contributed by atoms with Gasteiger partial charge in [-0.05, 0) is 80.6 Å². The van der Waals surface area contributed by atoms with Crippen LogP contribution in [0.25, 0.3) is 43.1 Å². The lowest BCUT2D eigenvalue weighted by Crippen LogP contribution is -2.36. The number of halogens is 3. The number of carbonyl (C=O) groups excluding carboxylic acids is 4. The van der Waals surface area contributed by atoms with Gasteiger partial charge in [-0.1, -0.05) is 55.8 Å². The summed E-state index contributed by atoms with van der Waals surface area (Å²) >= 11 is 0. The molecule has 7 rings (SSSR count). The van der Waals surface area contributed by atoms with Gasteiger partial charge >= 0.3 is 6.18 Å². The van der Waals surface area contributed by atoms with E-state index >= 15 is 0 Å². The third-order valence-corrected chi connectivity index (χ3v) is 9.07. The molecule has 0 saturated heterocycles. The van der Waals surface area contributed by atoms with Crippen molar-refractivity contribution in [2.45, 2.75) is 32.4 Å². The summed E-state index contributed by atoms with van der Waals surface area (Å²) in [5, 5.41) is 8.39. The van der Waals surface area contributed by atoms with Gasteiger partial charge in [0.25, 0.3) is 17.7 Å². The third kappa shape index (κ3) is 4.33. The number of nitrogens with one attached hydrogen (secondary N) is 1. The molecule has 0 radical (unpaired) electrons. The van der Waals surface area contributed by atoms with Gasteiger partial charge in [-0.2, -0.15) is 13.2 Å². The average molecular weight is 621 g/mol. The number of alkyl halides is 3. The molecule has 6 aromatic carbocycles. The second-order valence-corrected chi connectivity index (χ2v) is 11.7. The summed E-state index contributed by atoms with van der Waals surface area (Å²) < 4.78 is 41.1. The summed E-state index contributed by atoms with van der Waals surface area (Å²) in [6, 6.07) is 18.3. The Kier molecular flexibility index (Phi) is 6.81. The van der Waals surface area contributed by atoms with Gasteiger partial charge in [0.1, 0.15) is 0 Å². The zero-order valence-electron chi connectivity index (χ0n) is 25.0. The SMILES string of the molecule is CCCc1ccc(CCNC(=O)c2ccc3c4ccc5c6c(ccc(c7ccc(C=O)c2c73)c64)C(=O)N(C)C5=O)cc1C(F)(F)F. The number of benzene rings is 6. The van der Waals surface area contributed by atoms with E-state index in [-0.39, 0.29) is 35.9 Å². The smallest absolute Gasteiger partial charge is 0.352 e. The molecule has 0 spiro atoms. The number of aryl methyl sites for hydroxylation is 1. The molecule has 1 aliphatic rings. The third-order valence-electron chi connectivity index (χ3n) is 9.07. The molecule has 0 fully saturated rings. The second-order valence-electron chi connectivity index (χ2n) is 11.7. The standard InChI is InChI=1S/C37H27F3N2O4/c1-3-4-20-6-5-19(17-29(20)37(38,39)40)15-16-41-34(44)26-12-9-23-25-11-14-28-33-27(35(45)42(2)36(28)46)13-10-24(32(25)33)22-8-7-21(18-43)30(26)31(22)23/h5-14,17-18H,3-4,15-16H2,1-2H3,(H,41,44). The highest BCUT2D eigenvalue weighted by Crippen LogP contribution is 2.45. The van der Waals surface area contributed by atoms with Gasteiger partial charge in [-0.25, -0.2) is 0 Å². The van der Waals surface area contributed by atoms with E-state index in [2.05, 4.69) is 5.32 Å². The van der Waals surface area contributed by atoms with Crippen molar-refractivity contribution in [3.63, 3.8) is 0 Å². The zero-order chi connectivity index (χ0) is 32.5. The van der Waals surface area contributed by atoms with Crippen molar-refractivity contribution < 1.29 is 32.3 Å². The summed E-state index contributed by atoms with van der Waals surface area (Å²) in [5.41, 5.74) is 1.49. The number of rotatable bonds is 7. The molecule has 3 amide bonds. The lowest BCUT2D eigenvalue weighted by atomic mass is 9.83. The number of imide groups is 1. The predicted octanol–water partition coefficient (Wildman–Crippen LogP) is 7.72. The molecular weight excluding hydrogens is 593 g/mol. The first-order chi connectivity index (χ1) is 22.0. The highest BCUT2D eigenvalue weighted by Gasteiger charge is 2.34. The monoisotopic (exact) mass is 620 g/mol. The molecule has 9 heteroatoms. The fraction of sp³-hybridized carbons (Fsp3) is 0.189. The number of hydrogen-bond donors (Lipinski definition) is 1. The minimum Gasteiger partial charge on any atom is -0.352 e. The van der Waals surface area contributed by atoms with Crippen LogP contribution >= 0.6 is 0 Å². The number of carbonyl (C=O) groups is 4. The van der Waals surface area contributed by atoms with Crippen molar-refractivity contribution in [1.82, 2.24) is 10.2 Å². The molecule has 0 bridgehead atoms. The maximum atomic E-state index is 13.7. The maximum absolute atomic E-state index is 13.7. The molecule has 0 aromatic heterocycles. The van der Waals surface area contributed by atoms with Crippen molar-refractivity contribution in [3.8, 4) is 0 Å². The van der Waals surface area contributed by atoms with E-state index < -0.39 is 17.6 Å². The van der Waals surface area contributed by atoms with Crippen LogP contribution < -0.4 is 5.32 Å². The number of aldehydes is 1. The molecule has 46 heavy (non-hydrogen) atoms. The summed E-state index contributed by atoms with van der Waals surface area (Å²) in [4.78, 5) is 53.1. The molecular formula is C37H27F3N2O4. The molecule has 230 valence electrons. The Morgan fingerprint density at radius 3 is 1.96 bits per heavy atom. The van der Waals surface area contributed by atoms with Gasteiger partial charge in [-0.15, -0.1) is 0 Å². The quantitative estimate of drug-likeness (QED) is 0.0858. The Morgan fingerprint density at radius 1 is 0.783 bits per heavy atom. The molecule has 0 aliphatic carbocycles. The van der Waals surface area contributed by atoms with E-state index in [9.17, 15) is 32.3 Å². The molecule has 1 N–H and O–H groups in total. The van der Waals surface area contributed by atoms with Crippen molar-refractivity contribution in [2.24, 2.45) is 0 Å². The van der Waals surface area contributed by atoms with Crippen LogP contribution in [0.5, 0.6) is 0 Å². The normalized spacial score (nSPS) is 13.5. The highest BCUT2D eigenvalue weighted by molar-refractivity contribution is 6.39. The first kappa shape index (κ1) is 29.4. The second kappa shape index (κ2) is 10.7. The van der Waals surface area contributed by atoms with Crippen LogP contribution in [0.4, 0.5) is 13.2 Å². The highest BCUT2D eigenvalue weighted by atomic mass is 19.4. The Labute approximate surface area is 261 Å². The summed E-state index contributed by atoms with van der Waals surface area (Å²) in [6.07, 6.45) is -2.67. The summed E-state index contributed by atoms with van der Waals surface area (Å²) in [5.74, 6) is -1.22. The summed E-state index contributed by atoms with van der Waals surface area (Å²) in [7, 11) is 1.46. The topological polar surface area (TPSA) is 83.6 Å². The molecule has 0 unspecified atom stereocenters. The van der Waals surface area contributed by atoms with Crippen molar-refractivity contribution >= 4 is 67.1 Å². The first-order valence-corrected chi connectivity index (χ1v) is 15.0. The fourth-order valence-electron chi connectivity index (χ4n) is 6.96. The van der Waals surface area contributed by atoms with Gasteiger partial charge < -0.3 is 5.32 Å². The number of amides is 3. The van der Waals surface area contributed by atoms with Crippen LogP contribution in [0.15, 0.2) is 66.7 Å². The summed E-state index contributed by atoms with van der Waals surface area (Å²) in [6.45, 7) is 1.92. The Hall–Kier alpha value is -5.31. The number of fused-ring (bicyclic) bond motifs is 2. The largest absolute Gasteiger partial charge is 0.416 e. The van der Waals surface area contributed by atoms with Gasteiger partial charge in [0.05, 0.1) is 5.56 Å². The zero-order valence-corrected chi connectivity index (χ0v) is 25.0. The lowest BCUT2D eigenvalue weighted by Gasteiger charge is -2.26. The Balaban J connectivity index is 1.31. The van der Waals surface area contributed by atoms with E-state index in [4.69, 9.17) is 0 Å². The minimum absolute atomic E-state index is 0.0901. The molecule has 0 saturated carbocycles. The van der Waals surface area contributed by atoms with E-state index in [0.29, 0.717) is 57.5 Å². The number of hydrogen-bond acceptors (Lipinski definition) is 4. The van der Waals surface area contributed by atoms with Crippen LogP contribution in [0.2, 0.25) is 0 Å². The maximum Gasteiger partial charge on any atom is 0.416 e. The van der Waals surface area contributed by atoms with Gasteiger partial charge in [0.15, 0.2) is 6.29 Å². The van der Waals surface area contributed by atoms with Crippen molar-refractivity contribution in [2.75, 3.05) is 13.6 Å². The van der Waals surface area contributed by atoms with Crippen LogP contribution in [-0.4, -0.2) is 42.5 Å². The van der Waals surface area contributed by atoms with E-state index in [1.165, 1.54) is 13.1 Å². The van der Waals surface area contributed by atoms with Gasteiger partial charge in [0.2, 0.25) is 0 Å². The minimum atomic E-state index is -4.47. The van der Waals surface area contributed by atoms with Crippen LogP contribution in [-0.2, 0) is 19.0 Å². The van der Waals surface area contributed by atoms with Crippen LogP contribution in [0.1, 0.15) is 71.5 Å². The molecule has 1 heterocycles. The number of nitrogens with zero attached hydrogens (tertiary/aromatic N) is 1. The van der Waals surface area contributed by atoms with Gasteiger partial charge in [0, 0.05) is 46.6 Å². The Morgan fingerprint density at radius 2 is 1.37 bits per heavy atom. The Bertz CT molecular complexity index is 2220. The van der Waals surface area contributed by atoms with E-state index in [0.717, 1.165) is 37.9 Å². The molecule has 1 aliphatic heterocycles. The first-order valence-electron chi connectivity index (χ1n) is 15.0. The average Bonchev–Trinajstić information content (AvgIpc) is 3.05. The molecule has 6 aromatic rings. The van der Waals surface area contributed by atoms with Crippen LogP contribution in [0, 0.1) is 0 Å². The van der Waals surface area contributed by atoms with Crippen molar-refractivity contribution in [1.29, 1.82) is 0 Å². The fourth-order valence-corrected chi connectivity index (χ4v) is 6.96. The van der Waals surface area contributed by atoms with Gasteiger partial charge in [-0.3, -0.25) is 24.1 Å². The lowest BCUT2D eigenvalue weighted by molar-refractivity contribution is -0.138. The molecule has 0 atom stereocenters. The van der Waals surface area contributed by atoms with Crippen LogP contribution in [0.3, 0.4) is 0 Å².